The van der Waals surface area contributed by atoms with Crippen LogP contribution in [0.3, 0.4) is 0 Å². The van der Waals surface area contributed by atoms with Crippen LogP contribution >= 0.6 is 0 Å². The van der Waals surface area contributed by atoms with Gasteiger partial charge in [-0.25, -0.2) is 5.43 Å². The number of anilines is 1. The number of esters is 1. The average Bonchev–Trinajstić information content (AvgIpc) is 2.31. The number of nitrogens with one attached hydrogen (secondary N) is 2. The molecule has 8 heteroatoms. The predicted molar refractivity (Wildman–Crippen MR) is 65.4 cm³/mol. The molecule has 1 aromatic heterocycles. The fraction of sp³-hybridized carbons (Fsp3) is 0.500. The number of aryl methyl sites for hydroxylation is 1. The van der Waals surface area contributed by atoms with Crippen LogP contribution in [0.15, 0.2) is 9.90 Å². The van der Waals surface area contributed by atoms with Gasteiger partial charge in [-0.15, -0.1) is 10.2 Å². The fourth-order valence-electron chi connectivity index (χ4n) is 1.05. The third-order valence-corrected chi connectivity index (χ3v) is 1.92. The number of carbonyl (C=O) groups excluding carboxylic acids is 1. The zero-order valence-corrected chi connectivity index (χ0v) is 10.5. The number of hydrogen-bond donors (Lipinski definition) is 2. The number of ether oxygens (including phenoxy) is 1. The first-order chi connectivity index (χ1) is 8.52. The Morgan fingerprint density at radius 2 is 2.22 bits per heavy atom. The summed E-state index contributed by atoms with van der Waals surface area (Å²) in [7, 11) is 0. The summed E-state index contributed by atoms with van der Waals surface area (Å²) in [6.07, 6.45) is 0.0738. The number of nitrogens with zero attached hydrogens (tertiary/aromatic N) is 3. The van der Waals surface area contributed by atoms with Crippen molar-refractivity contribution in [2.24, 2.45) is 5.10 Å². The second-order valence-corrected chi connectivity index (χ2v) is 3.53. The van der Waals surface area contributed by atoms with Gasteiger partial charge in [-0.2, -0.15) is 5.10 Å². The van der Waals surface area contributed by atoms with E-state index in [1.54, 1.807) is 20.8 Å². The molecule has 2 N–H and O–H groups in total. The highest BCUT2D eigenvalue weighted by molar-refractivity contribution is 5.97. The van der Waals surface area contributed by atoms with Crippen LogP contribution in [0.25, 0.3) is 0 Å². The minimum atomic E-state index is -0.357. The maximum Gasteiger partial charge on any atom is 0.311 e. The largest absolute Gasteiger partial charge is 0.466 e. The maximum atomic E-state index is 11.2. The molecule has 0 atom stereocenters. The number of aromatic nitrogens is 3. The second-order valence-electron chi connectivity index (χ2n) is 3.53. The van der Waals surface area contributed by atoms with E-state index in [9.17, 15) is 9.59 Å². The molecule has 1 heterocycles. The molecule has 98 valence electrons. The monoisotopic (exact) mass is 253 g/mol. The zero-order chi connectivity index (χ0) is 13.5. The SMILES string of the molecule is CCOC(=O)C/C(C)=N\Nc1nnc(C)c(=O)[nH]1. The third-order valence-electron chi connectivity index (χ3n) is 1.92. The van der Waals surface area contributed by atoms with E-state index in [1.165, 1.54) is 0 Å². The Balaban J connectivity index is 2.59. The van der Waals surface area contributed by atoms with Gasteiger partial charge in [-0.1, -0.05) is 0 Å². The van der Waals surface area contributed by atoms with Crippen LogP contribution in [0.1, 0.15) is 26.0 Å². The van der Waals surface area contributed by atoms with Crippen molar-refractivity contribution in [2.75, 3.05) is 12.0 Å². The molecule has 0 spiro atoms. The lowest BCUT2D eigenvalue weighted by molar-refractivity contribution is -0.141. The Bertz CT molecular complexity index is 508. The van der Waals surface area contributed by atoms with Gasteiger partial charge >= 0.3 is 5.97 Å². The van der Waals surface area contributed by atoms with E-state index in [2.05, 4.69) is 25.7 Å². The molecule has 1 aromatic rings. The Morgan fingerprint density at radius 1 is 1.50 bits per heavy atom. The van der Waals surface area contributed by atoms with Gasteiger partial charge in [0.05, 0.1) is 13.0 Å². The van der Waals surface area contributed by atoms with Crippen molar-refractivity contribution in [1.82, 2.24) is 15.2 Å². The molecule has 0 saturated heterocycles. The standard InChI is InChI=1S/C10H15N5O3/c1-4-18-8(16)5-6(2)12-14-10-11-9(17)7(3)13-15-10/h4-5H2,1-3H3,(H2,11,14,15,17)/b12-6-. The summed E-state index contributed by atoms with van der Waals surface area (Å²) in [6, 6.07) is 0. The Kier molecular flexibility index (Phi) is 4.97. The van der Waals surface area contributed by atoms with Gasteiger partial charge in [-0.3, -0.25) is 14.6 Å². The number of hydrazone groups is 1. The summed E-state index contributed by atoms with van der Waals surface area (Å²) in [6.45, 7) is 5.26. The van der Waals surface area contributed by atoms with E-state index in [4.69, 9.17) is 4.74 Å². The first-order valence-electron chi connectivity index (χ1n) is 5.41. The molecule has 0 unspecified atom stereocenters. The first kappa shape index (κ1) is 13.8. The predicted octanol–water partition coefficient (Wildman–Crippen LogP) is 0.214. The number of hydrogen-bond acceptors (Lipinski definition) is 7. The summed E-state index contributed by atoms with van der Waals surface area (Å²) in [5.41, 5.74) is 2.95. The molecule has 0 fully saturated rings. The molecular weight excluding hydrogens is 238 g/mol. The molecule has 18 heavy (non-hydrogen) atoms. The maximum absolute atomic E-state index is 11.2. The van der Waals surface area contributed by atoms with Crippen LogP contribution in [-0.2, 0) is 9.53 Å². The van der Waals surface area contributed by atoms with Crippen molar-refractivity contribution in [3.8, 4) is 0 Å². The summed E-state index contributed by atoms with van der Waals surface area (Å²) in [4.78, 5) is 24.8. The van der Waals surface area contributed by atoms with Crippen LogP contribution < -0.4 is 11.0 Å². The quantitative estimate of drug-likeness (QED) is 0.441. The van der Waals surface area contributed by atoms with Crippen molar-refractivity contribution < 1.29 is 9.53 Å². The van der Waals surface area contributed by atoms with E-state index in [1.807, 2.05) is 0 Å². The highest BCUT2D eigenvalue weighted by Crippen LogP contribution is 1.94. The second kappa shape index (κ2) is 6.48. The Hall–Kier alpha value is -2.25. The molecule has 0 aromatic carbocycles. The van der Waals surface area contributed by atoms with E-state index in [-0.39, 0.29) is 29.6 Å². The lowest BCUT2D eigenvalue weighted by Gasteiger charge is -2.02. The molecule has 0 saturated carbocycles. The Labute approximate surface area is 103 Å². The van der Waals surface area contributed by atoms with Gasteiger partial charge in [0.1, 0.15) is 5.69 Å². The lowest BCUT2D eigenvalue weighted by Crippen LogP contribution is -2.16. The summed E-state index contributed by atoms with van der Waals surface area (Å²) in [5.74, 6) is -0.238. The highest BCUT2D eigenvalue weighted by Gasteiger charge is 2.04. The van der Waals surface area contributed by atoms with Gasteiger partial charge in [0.2, 0.25) is 5.95 Å². The molecule has 0 aliphatic heterocycles. The summed E-state index contributed by atoms with van der Waals surface area (Å²) < 4.78 is 4.77. The number of rotatable bonds is 5. The van der Waals surface area contributed by atoms with Crippen LogP contribution in [0.5, 0.6) is 0 Å². The molecule has 0 radical (unpaired) electrons. The molecule has 0 amide bonds. The van der Waals surface area contributed by atoms with Gasteiger partial charge < -0.3 is 4.74 Å². The van der Waals surface area contributed by atoms with Crippen molar-refractivity contribution in [3.63, 3.8) is 0 Å². The van der Waals surface area contributed by atoms with Crippen molar-refractivity contribution in [1.29, 1.82) is 0 Å². The van der Waals surface area contributed by atoms with Crippen LogP contribution in [0, 0.1) is 6.92 Å². The zero-order valence-electron chi connectivity index (χ0n) is 10.5. The number of carbonyl (C=O) groups is 1. The van der Waals surface area contributed by atoms with E-state index in [0.29, 0.717) is 12.3 Å². The fourth-order valence-corrected chi connectivity index (χ4v) is 1.05. The smallest absolute Gasteiger partial charge is 0.311 e. The summed E-state index contributed by atoms with van der Waals surface area (Å²) in [5, 5.41) is 11.2. The molecule has 0 aliphatic carbocycles. The first-order valence-corrected chi connectivity index (χ1v) is 5.41. The van der Waals surface area contributed by atoms with Gasteiger partial charge in [-0.05, 0) is 20.8 Å². The third kappa shape index (κ3) is 4.32. The van der Waals surface area contributed by atoms with Crippen LogP contribution in [-0.4, -0.2) is 33.5 Å². The molecule has 0 aliphatic rings. The van der Waals surface area contributed by atoms with Crippen molar-refractivity contribution in [3.05, 3.63) is 16.0 Å². The normalized spacial score (nSPS) is 11.2. The molecular formula is C10H15N5O3. The Morgan fingerprint density at radius 3 is 2.83 bits per heavy atom. The van der Waals surface area contributed by atoms with E-state index < -0.39 is 0 Å². The molecule has 8 nitrogen and oxygen atoms in total. The van der Waals surface area contributed by atoms with Crippen molar-refractivity contribution in [2.45, 2.75) is 27.2 Å². The molecule has 1 rings (SSSR count). The number of aromatic amines is 1. The van der Waals surface area contributed by atoms with Crippen LogP contribution in [0.2, 0.25) is 0 Å². The number of H-pyrrole nitrogens is 1. The minimum Gasteiger partial charge on any atom is -0.466 e. The van der Waals surface area contributed by atoms with Gasteiger partial charge in [0.15, 0.2) is 0 Å². The topological polar surface area (TPSA) is 109 Å². The highest BCUT2D eigenvalue weighted by atomic mass is 16.5. The van der Waals surface area contributed by atoms with E-state index >= 15 is 0 Å². The average molecular weight is 253 g/mol. The van der Waals surface area contributed by atoms with Crippen LogP contribution in [0.4, 0.5) is 5.95 Å². The van der Waals surface area contributed by atoms with Crippen molar-refractivity contribution >= 4 is 17.6 Å². The lowest BCUT2D eigenvalue weighted by atomic mass is 10.3. The van der Waals surface area contributed by atoms with Gasteiger partial charge in [0, 0.05) is 5.71 Å². The molecule has 0 bridgehead atoms. The minimum absolute atomic E-state index is 0.0738. The van der Waals surface area contributed by atoms with E-state index in [0.717, 1.165) is 0 Å². The van der Waals surface area contributed by atoms with Gasteiger partial charge in [0.25, 0.3) is 5.56 Å². The summed E-state index contributed by atoms with van der Waals surface area (Å²) >= 11 is 0.